The van der Waals surface area contributed by atoms with E-state index in [4.69, 9.17) is 9.47 Å². The van der Waals surface area contributed by atoms with Crippen LogP contribution in [0.25, 0.3) is 0 Å². The summed E-state index contributed by atoms with van der Waals surface area (Å²) in [4.78, 5) is 0. The van der Waals surface area contributed by atoms with Gasteiger partial charge in [-0.05, 0) is 5.57 Å². The molecule has 1 aliphatic carbocycles. The van der Waals surface area contributed by atoms with E-state index in [1.807, 2.05) is 0 Å². The predicted molar refractivity (Wildman–Crippen MR) is 46.0 cm³/mol. The van der Waals surface area contributed by atoms with Gasteiger partial charge >= 0.3 is 0 Å². The van der Waals surface area contributed by atoms with Crippen LogP contribution in [0, 0.1) is 0 Å². The molecule has 0 aliphatic heterocycles. The van der Waals surface area contributed by atoms with Gasteiger partial charge in [0.15, 0.2) is 0 Å². The Balaban J connectivity index is 2.58. The Morgan fingerprint density at radius 3 is 2.50 bits per heavy atom. The monoisotopic (exact) mass is 172 g/mol. The number of hydrogen-bond acceptors (Lipinski definition) is 3. The second kappa shape index (κ2) is 4.03. The molecule has 12 heavy (non-hydrogen) atoms. The third kappa shape index (κ3) is 1.86. The minimum absolute atomic E-state index is 0.0568. The zero-order chi connectivity index (χ0) is 9.14. The second-order valence-electron chi connectivity index (χ2n) is 3.14. The fourth-order valence-electron chi connectivity index (χ4n) is 1.54. The number of aliphatic hydroxyl groups excluding tert-OH is 1. The van der Waals surface area contributed by atoms with E-state index >= 15 is 0 Å². The van der Waals surface area contributed by atoms with Gasteiger partial charge < -0.3 is 14.6 Å². The first-order valence-electron chi connectivity index (χ1n) is 4.11. The van der Waals surface area contributed by atoms with E-state index in [2.05, 4.69) is 6.58 Å². The van der Waals surface area contributed by atoms with Crippen LogP contribution in [-0.2, 0) is 9.47 Å². The molecule has 0 bridgehead atoms. The Hall–Kier alpha value is -0.380. The summed E-state index contributed by atoms with van der Waals surface area (Å²) in [7, 11) is 3.28. The molecule has 0 spiro atoms. The molecular weight excluding hydrogens is 156 g/mol. The van der Waals surface area contributed by atoms with E-state index < -0.39 is 6.10 Å². The molecular formula is C9H16O3. The standard InChI is InChI=1S/C9H16O3/c1-6-8(10)4-7(11-2)5-9(6)12-3/h7-10H,1,4-5H2,2-3H3. The molecule has 1 saturated carbocycles. The minimum atomic E-state index is -0.478. The van der Waals surface area contributed by atoms with Gasteiger partial charge in [0, 0.05) is 27.1 Å². The van der Waals surface area contributed by atoms with E-state index in [1.165, 1.54) is 0 Å². The normalized spacial score (nSPS) is 36.9. The van der Waals surface area contributed by atoms with Gasteiger partial charge in [0.25, 0.3) is 0 Å². The lowest BCUT2D eigenvalue weighted by atomic mass is 9.88. The molecule has 1 fully saturated rings. The van der Waals surface area contributed by atoms with Crippen molar-refractivity contribution in [2.45, 2.75) is 31.2 Å². The molecule has 3 heteroatoms. The smallest absolute Gasteiger partial charge is 0.0828 e. The highest BCUT2D eigenvalue weighted by Crippen LogP contribution is 2.26. The molecule has 70 valence electrons. The summed E-state index contributed by atoms with van der Waals surface area (Å²) in [6.45, 7) is 3.79. The predicted octanol–water partition coefficient (Wildman–Crippen LogP) is 0.727. The number of hydrogen-bond donors (Lipinski definition) is 1. The van der Waals surface area contributed by atoms with Crippen molar-refractivity contribution in [3.63, 3.8) is 0 Å². The topological polar surface area (TPSA) is 38.7 Å². The quantitative estimate of drug-likeness (QED) is 0.624. The van der Waals surface area contributed by atoms with Crippen molar-refractivity contribution in [2.24, 2.45) is 0 Å². The largest absolute Gasteiger partial charge is 0.389 e. The molecule has 0 amide bonds. The number of rotatable bonds is 2. The third-order valence-electron chi connectivity index (χ3n) is 2.42. The fraction of sp³-hybridized carbons (Fsp3) is 0.778. The van der Waals surface area contributed by atoms with Gasteiger partial charge in [-0.3, -0.25) is 0 Å². The SMILES string of the molecule is C=C1C(O)CC(OC)CC1OC. The van der Waals surface area contributed by atoms with Crippen LogP contribution in [0.1, 0.15) is 12.8 Å². The van der Waals surface area contributed by atoms with E-state index in [0.717, 1.165) is 12.0 Å². The van der Waals surface area contributed by atoms with Crippen LogP contribution in [-0.4, -0.2) is 37.6 Å². The molecule has 3 nitrogen and oxygen atoms in total. The average molecular weight is 172 g/mol. The van der Waals surface area contributed by atoms with E-state index in [-0.39, 0.29) is 12.2 Å². The molecule has 0 aromatic heterocycles. The molecule has 0 aromatic carbocycles. The van der Waals surface area contributed by atoms with Crippen LogP contribution < -0.4 is 0 Å². The van der Waals surface area contributed by atoms with Crippen LogP contribution >= 0.6 is 0 Å². The Labute approximate surface area is 73.0 Å². The third-order valence-corrected chi connectivity index (χ3v) is 2.42. The van der Waals surface area contributed by atoms with Crippen molar-refractivity contribution >= 4 is 0 Å². The molecule has 0 saturated heterocycles. The summed E-state index contributed by atoms with van der Waals surface area (Å²) >= 11 is 0. The first-order chi connectivity index (χ1) is 5.69. The Morgan fingerprint density at radius 2 is 2.00 bits per heavy atom. The summed E-state index contributed by atoms with van der Waals surface area (Å²) in [5.41, 5.74) is 0.769. The van der Waals surface area contributed by atoms with Crippen LogP contribution in [0.3, 0.4) is 0 Å². The lowest BCUT2D eigenvalue weighted by Crippen LogP contribution is -2.36. The fourth-order valence-corrected chi connectivity index (χ4v) is 1.54. The van der Waals surface area contributed by atoms with Crippen LogP contribution in [0.4, 0.5) is 0 Å². The van der Waals surface area contributed by atoms with Crippen molar-refractivity contribution in [1.29, 1.82) is 0 Å². The van der Waals surface area contributed by atoms with Crippen molar-refractivity contribution in [3.05, 3.63) is 12.2 Å². The molecule has 1 rings (SSSR count). The number of aliphatic hydroxyl groups is 1. The average Bonchev–Trinajstić information content (AvgIpc) is 2.09. The highest BCUT2D eigenvalue weighted by atomic mass is 16.5. The van der Waals surface area contributed by atoms with Crippen molar-refractivity contribution in [3.8, 4) is 0 Å². The minimum Gasteiger partial charge on any atom is -0.389 e. The molecule has 0 aromatic rings. The first kappa shape index (κ1) is 9.71. The highest BCUT2D eigenvalue weighted by Gasteiger charge is 2.30. The van der Waals surface area contributed by atoms with Gasteiger partial charge in [0.05, 0.1) is 18.3 Å². The maximum Gasteiger partial charge on any atom is 0.0828 e. The molecule has 1 aliphatic rings. The van der Waals surface area contributed by atoms with Gasteiger partial charge in [0.1, 0.15) is 0 Å². The van der Waals surface area contributed by atoms with Gasteiger partial charge in [-0.2, -0.15) is 0 Å². The summed E-state index contributed by atoms with van der Waals surface area (Å²) in [6, 6.07) is 0. The van der Waals surface area contributed by atoms with Crippen molar-refractivity contribution in [2.75, 3.05) is 14.2 Å². The highest BCUT2D eigenvalue weighted by molar-refractivity contribution is 5.13. The summed E-state index contributed by atoms with van der Waals surface area (Å²) < 4.78 is 10.3. The maximum absolute atomic E-state index is 9.52. The maximum atomic E-state index is 9.52. The van der Waals surface area contributed by atoms with E-state index in [0.29, 0.717) is 6.42 Å². The van der Waals surface area contributed by atoms with Crippen LogP contribution in [0.2, 0.25) is 0 Å². The zero-order valence-electron chi connectivity index (χ0n) is 7.62. The molecule has 0 heterocycles. The summed E-state index contributed by atoms with van der Waals surface area (Å²) in [5, 5.41) is 9.52. The van der Waals surface area contributed by atoms with Gasteiger partial charge in [-0.25, -0.2) is 0 Å². The summed E-state index contributed by atoms with van der Waals surface area (Å²) in [5.74, 6) is 0. The second-order valence-corrected chi connectivity index (χ2v) is 3.14. The van der Waals surface area contributed by atoms with Crippen molar-refractivity contribution < 1.29 is 14.6 Å². The Bertz CT molecular complexity index is 167. The molecule has 3 unspecified atom stereocenters. The lowest BCUT2D eigenvalue weighted by molar-refractivity contribution is -0.0213. The van der Waals surface area contributed by atoms with E-state index in [9.17, 15) is 5.11 Å². The van der Waals surface area contributed by atoms with Crippen LogP contribution in [0.5, 0.6) is 0 Å². The molecule has 0 radical (unpaired) electrons. The van der Waals surface area contributed by atoms with Crippen molar-refractivity contribution in [1.82, 2.24) is 0 Å². The van der Waals surface area contributed by atoms with E-state index in [1.54, 1.807) is 14.2 Å². The number of methoxy groups -OCH3 is 2. The van der Waals surface area contributed by atoms with Crippen LogP contribution in [0.15, 0.2) is 12.2 Å². The van der Waals surface area contributed by atoms with Gasteiger partial charge in [0.2, 0.25) is 0 Å². The molecule has 3 atom stereocenters. The first-order valence-corrected chi connectivity index (χ1v) is 4.11. The molecule has 1 N–H and O–H groups in total. The lowest BCUT2D eigenvalue weighted by Gasteiger charge is -2.32. The summed E-state index contributed by atoms with van der Waals surface area (Å²) in [6.07, 6.45) is 0.987. The Morgan fingerprint density at radius 1 is 1.33 bits per heavy atom. The van der Waals surface area contributed by atoms with Gasteiger partial charge in [-0.15, -0.1) is 0 Å². The number of ether oxygens (including phenoxy) is 2. The Kier molecular flexibility index (Phi) is 3.26. The van der Waals surface area contributed by atoms with Gasteiger partial charge in [-0.1, -0.05) is 6.58 Å². The zero-order valence-corrected chi connectivity index (χ0v) is 7.62.